The molecule has 0 amide bonds. The van der Waals surface area contributed by atoms with Crippen LogP contribution in [0.15, 0.2) is 17.2 Å². The first-order valence-corrected chi connectivity index (χ1v) is 8.77. The molecule has 0 aromatic carbocycles. The van der Waals surface area contributed by atoms with Crippen LogP contribution in [-0.4, -0.2) is 49.1 Å². The molecule has 2 fully saturated rings. The first-order valence-electron chi connectivity index (χ1n) is 6.95. The third kappa shape index (κ3) is 2.52. The fourth-order valence-electron chi connectivity index (χ4n) is 3.29. The molecule has 1 aromatic heterocycles. The zero-order valence-electron chi connectivity index (χ0n) is 11.7. The molecule has 2 heterocycles. The highest BCUT2D eigenvalue weighted by atomic mass is 35.5. The summed E-state index contributed by atoms with van der Waals surface area (Å²) in [6.07, 6.45) is 2.59. The van der Waals surface area contributed by atoms with E-state index in [0.717, 1.165) is 12.8 Å². The maximum atomic E-state index is 12.6. The van der Waals surface area contributed by atoms with E-state index >= 15 is 0 Å². The Morgan fingerprint density at radius 2 is 2.19 bits per heavy atom. The Balaban J connectivity index is 1.86. The molecule has 0 spiro atoms. The molecule has 6 nitrogen and oxygen atoms in total. The second-order valence-corrected chi connectivity index (χ2v) is 7.99. The van der Waals surface area contributed by atoms with Gasteiger partial charge in [0.25, 0.3) is 0 Å². The minimum atomic E-state index is -3.60. The van der Waals surface area contributed by atoms with Crippen LogP contribution in [0.3, 0.4) is 0 Å². The van der Waals surface area contributed by atoms with Crippen molar-refractivity contribution in [1.29, 1.82) is 0 Å². The molecule has 0 bridgehead atoms. The number of hydrogen-bond donors (Lipinski definition) is 2. The lowest BCUT2D eigenvalue weighted by Gasteiger charge is -2.18. The quantitative estimate of drug-likeness (QED) is 0.868. The maximum Gasteiger partial charge on any atom is 0.244 e. The zero-order valence-corrected chi connectivity index (χ0v) is 13.2. The predicted octanol–water partition coefficient (Wildman–Crippen LogP) is 1.17. The van der Waals surface area contributed by atoms with Crippen molar-refractivity contribution >= 4 is 27.4 Å². The molecule has 1 saturated carbocycles. The van der Waals surface area contributed by atoms with E-state index in [4.69, 9.17) is 11.6 Å². The third-order valence-electron chi connectivity index (χ3n) is 4.48. The van der Waals surface area contributed by atoms with Gasteiger partial charge in [0.15, 0.2) is 0 Å². The minimum Gasteiger partial charge on any atom is -0.393 e. The summed E-state index contributed by atoms with van der Waals surface area (Å²) in [6.45, 7) is 0.842. The van der Waals surface area contributed by atoms with Gasteiger partial charge in [-0.25, -0.2) is 13.4 Å². The van der Waals surface area contributed by atoms with Gasteiger partial charge < -0.3 is 10.4 Å². The molecule has 1 saturated heterocycles. The van der Waals surface area contributed by atoms with Crippen molar-refractivity contribution in [3.63, 3.8) is 0 Å². The van der Waals surface area contributed by atoms with Crippen LogP contribution in [0.25, 0.3) is 0 Å². The second-order valence-electron chi connectivity index (χ2n) is 5.64. The molecule has 3 atom stereocenters. The Morgan fingerprint density at radius 1 is 1.43 bits per heavy atom. The van der Waals surface area contributed by atoms with Crippen LogP contribution < -0.4 is 5.32 Å². The fourth-order valence-corrected chi connectivity index (χ4v) is 5.12. The molecule has 8 heteroatoms. The number of pyridine rings is 1. The highest BCUT2D eigenvalue weighted by Gasteiger charge is 2.45. The highest BCUT2D eigenvalue weighted by molar-refractivity contribution is 7.89. The standard InChI is InChI=1S/C13H18ClN3O3S/c1-15-13-11(14)4-9(5-16-13)21(19,20)17-6-8-2-3-12(18)10(8)7-17/h4-5,8,10,12,18H,2-3,6-7H2,1H3,(H,15,16). The van der Waals surface area contributed by atoms with Crippen molar-refractivity contribution in [2.75, 3.05) is 25.5 Å². The van der Waals surface area contributed by atoms with Crippen LogP contribution in [0, 0.1) is 11.8 Å². The van der Waals surface area contributed by atoms with Crippen LogP contribution in [0.2, 0.25) is 5.02 Å². The van der Waals surface area contributed by atoms with Gasteiger partial charge in [0, 0.05) is 32.3 Å². The molecule has 2 N–H and O–H groups in total. The lowest BCUT2D eigenvalue weighted by molar-refractivity contribution is 0.129. The predicted molar refractivity (Wildman–Crippen MR) is 79.8 cm³/mol. The highest BCUT2D eigenvalue weighted by Crippen LogP contribution is 2.40. The zero-order chi connectivity index (χ0) is 15.2. The summed E-state index contributed by atoms with van der Waals surface area (Å²) >= 11 is 6.01. The van der Waals surface area contributed by atoms with Crippen molar-refractivity contribution in [1.82, 2.24) is 9.29 Å². The number of aliphatic hydroxyl groups excluding tert-OH is 1. The molecule has 3 unspecified atom stereocenters. The molecule has 21 heavy (non-hydrogen) atoms. The van der Waals surface area contributed by atoms with Gasteiger partial charge in [-0.15, -0.1) is 0 Å². The number of sulfonamides is 1. The van der Waals surface area contributed by atoms with E-state index in [1.807, 2.05) is 0 Å². The van der Waals surface area contributed by atoms with Gasteiger partial charge in [0.2, 0.25) is 10.0 Å². The summed E-state index contributed by atoms with van der Waals surface area (Å²) in [5.41, 5.74) is 0. The maximum absolute atomic E-state index is 12.6. The van der Waals surface area contributed by atoms with Gasteiger partial charge in [-0.05, 0) is 24.8 Å². The van der Waals surface area contributed by atoms with Crippen LogP contribution in [-0.2, 0) is 10.0 Å². The van der Waals surface area contributed by atoms with Crippen LogP contribution >= 0.6 is 11.6 Å². The van der Waals surface area contributed by atoms with Gasteiger partial charge in [-0.3, -0.25) is 0 Å². The summed E-state index contributed by atoms with van der Waals surface area (Å²) in [5.74, 6) is 0.763. The monoisotopic (exact) mass is 331 g/mol. The molecule has 3 rings (SSSR count). The normalized spacial score (nSPS) is 29.6. The number of anilines is 1. The van der Waals surface area contributed by atoms with Gasteiger partial charge >= 0.3 is 0 Å². The van der Waals surface area contributed by atoms with Crippen molar-refractivity contribution in [2.45, 2.75) is 23.8 Å². The lowest BCUT2D eigenvalue weighted by Crippen LogP contribution is -2.31. The van der Waals surface area contributed by atoms with Gasteiger partial charge in [-0.1, -0.05) is 11.6 Å². The second kappa shape index (κ2) is 5.39. The fraction of sp³-hybridized carbons (Fsp3) is 0.615. The number of rotatable bonds is 3. The number of hydrogen-bond acceptors (Lipinski definition) is 5. The molecule has 0 radical (unpaired) electrons. The Hall–Kier alpha value is -0.890. The van der Waals surface area contributed by atoms with E-state index in [2.05, 4.69) is 10.3 Å². The number of aromatic nitrogens is 1. The van der Waals surface area contributed by atoms with Crippen molar-refractivity contribution in [3.05, 3.63) is 17.3 Å². The summed E-state index contributed by atoms with van der Waals surface area (Å²) in [7, 11) is -1.93. The van der Waals surface area contributed by atoms with Crippen molar-refractivity contribution in [2.24, 2.45) is 11.8 Å². The van der Waals surface area contributed by atoms with E-state index < -0.39 is 10.0 Å². The van der Waals surface area contributed by atoms with E-state index in [0.29, 0.717) is 18.9 Å². The van der Waals surface area contributed by atoms with E-state index in [-0.39, 0.29) is 27.9 Å². The lowest BCUT2D eigenvalue weighted by atomic mass is 10.00. The summed E-state index contributed by atoms with van der Waals surface area (Å²) in [5, 5.41) is 13.0. The molecule has 116 valence electrons. The molecular weight excluding hydrogens is 314 g/mol. The molecular formula is C13H18ClN3O3S. The smallest absolute Gasteiger partial charge is 0.244 e. The Bertz CT molecular complexity index is 652. The minimum absolute atomic E-state index is 0.0554. The number of nitrogens with one attached hydrogen (secondary N) is 1. The Labute approximate surface area is 129 Å². The van der Waals surface area contributed by atoms with Crippen LogP contribution in [0.4, 0.5) is 5.82 Å². The summed E-state index contributed by atoms with van der Waals surface area (Å²) in [4.78, 5) is 4.12. The van der Waals surface area contributed by atoms with Crippen LogP contribution in [0.1, 0.15) is 12.8 Å². The Morgan fingerprint density at radius 3 is 2.81 bits per heavy atom. The molecule has 1 aliphatic carbocycles. The summed E-state index contributed by atoms with van der Waals surface area (Å²) < 4.78 is 26.7. The number of fused-ring (bicyclic) bond motifs is 1. The SMILES string of the molecule is CNc1ncc(S(=O)(=O)N2CC3CCC(O)C3C2)cc1Cl. The van der Waals surface area contributed by atoms with E-state index in [9.17, 15) is 13.5 Å². The average molecular weight is 332 g/mol. The van der Waals surface area contributed by atoms with E-state index in [1.165, 1.54) is 16.6 Å². The average Bonchev–Trinajstić information content (AvgIpc) is 3.02. The third-order valence-corrected chi connectivity index (χ3v) is 6.56. The van der Waals surface area contributed by atoms with Gasteiger partial charge in [-0.2, -0.15) is 4.31 Å². The number of aliphatic hydroxyl groups is 1. The van der Waals surface area contributed by atoms with Gasteiger partial charge in [0.05, 0.1) is 11.1 Å². The van der Waals surface area contributed by atoms with Crippen molar-refractivity contribution in [3.8, 4) is 0 Å². The van der Waals surface area contributed by atoms with Crippen molar-refractivity contribution < 1.29 is 13.5 Å². The largest absolute Gasteiger partial charge is 0.393 e. The van der Waals surface area contributed by atoms with E-state index in [1.54, 1.807) is 7.05 Å². The summed E-state index contributed by atoms with van der Waals surface area (Å²) in [6, 6.07) is 1.42. The molecule has 1 aliphatic heterocycles. The Kier molecular flexibility index (Phi) is 3.85. The number of halogens is 1. The molecule has 2 aliphatic rings. The number of nitrogens with zero attached hydrogens (tertiary/aromatic N) is 2. The van der Waals surface area contributed by atoms with Gasteiger partial charge in [0.1, 0.15) is 10.7 Å². The first kappa shape index (κ1) is 15.0. The molecule has 1 aromatic rings. The topological polar surface area (TPSA) is 82.5 Å². The van der Waals surface area contributed by atoms with Crippen LogP contribution in [0.5, 0.6) is 0 Å². The first-order chi connectivity index (χ1) is 9.93.